The van der Waals surface area contributed by atoms with Crippen molar-refractivity contribution in [2.24, 2.45) is 5.92 Å². The summed E-state index contributed by atoms with van der Waals surface area (Å²) in [5.74, 6) is -2.29. The standard InChI is InChI=1S/C22H23FN2O4/c1-2-15-7-4-6-10-19(15)25-13-17(11-21(25)27)22(28)29-14-20(26)24-12-16-8-3-5-9-18(16)23/h3-10,17H,2,11-14H2,1H3,(H,24,26)/t17-/m0/s1. The van der Waals surface area contributed by atoms with E-state index in [1.165, 1.54) is 6.07 Å². The SMILES string of the molecule is CCc1ccccc1N1C[C@@H](C(=O)OCC(=O)NCc2ccccc2F)CC1=O. The third kappa shape index (κ3) is 4.99. The number of para-hydroxylation sites is 1. The number of carbonyl (C=O) groups is 3. The highest BCUT2D eigenvalue weighted by Gasteiger charge is 2.36. The van der Waals surface area contributed by atoms with Crippen molar-refractivity contribution in [2.75, 3.05) is 18.1 Å². The molecule has 0 aliphatic carbocycles. The van der Waals surface area contributed by atoms with E-state index in [9.17, 15) is 18.8 Å². The van der Waals surface area contributed by atoms with Gasteiger partial charge in [-0.1, -0.05) is 43.3 Å². The largest absolute Gasteiger partial charge is 0.455 e. The minimum Gasteiger partial charge on any atom is -0.455 e. The van der Waals surface area contributed by atoms with Gasteiger partial charge in [-0.25, -0.2) is 4.39 Å². The van der Waals surface area contributed by atoms with Crippen LogP contribution in [0.4, 0.5) is 10.1 Å². The first-order chi connectivity index (χ1) is 14.0. The lowest BCUT2D eigenvalue weighted by Crippen LogP contribution is -2.31. The molecule has 1 heterocycles. The average Bonchev–Trinajstić information content (AvgIpc) is 3.12. The number of amides is 2. The number of nitrogens with zero attached hydrogens (tertiary/aromatic N) is 1. The second kappa shape index (κ2) is 9.32. The molecule has 1 aliphatic heterocycles. The van der Waals surface area contributed by atoms with Gasteiger partial charge in [-0.3, -0.25) is 14.4 Å². The van der Waals surface area contributed by atoms with Crippen LogP contribution in [0.1, 0.15) is 24.5 Å². The van der Waals surface area contributed by atoms with Gasteiger partial charge in [0.05, 0.1) is 5.92 Å². The third-order valence-electron chi connectivity index (χ3n) is 4.90. The third-order valence-corrected chi connectivity index (χ3v) is 4.90. The van der Waals surface area contributed by atoms with Crippen LogP contribution in [0.2, 0.25) is 0 Å². The Kier molecular flexibility index (Phi) is 6.59. The Balaban J connectivity index is 1.50. The summed E-state index contributed by atoms with van der Waals surface area (Å²) in [6.45, 7) is 1.77. The first-order valence-electron chi connectivity index (χ1n) is 9.54. The van der Waals surface area contributed by atoms with Crippen LogP contribution in [-0.2, 0) is 32.1 Å². The van der Waals surface area contributed by atoms with E-state index in [1.807, 2.05) is 31.2 Å². The fourth-order valence-corrected chi connectivity index (χ4v) is 3.31. The van der Waals surface area contributed by atoms with Crippen LogP contribution in [0.3, 0.4) is 0 Å². The molecule has 0 spiro atoms. The molecule has 0 bridgehead atoms. The molecule has 152 valence electrons. The molecule has 1 fully saturated rings. The predicted molar refractivity (Wildman–Crippen MR) is 105 cm³/mol. The van der Waals surface area contributed by atoms with Crippen molar-refractivity contribution in [3.63, 3.8) is 0 Å². The van der Waals surface area contributed by atoms with Crippen LogP contribution >= 0.6 is 0 Å². The van der Waals surface area contributed by atoms with Crippen molar-refractivity contribution in [2.45, 2.75) is 26.3 Å². The van der Waals surface area contributed by atoms with Crippen molar-refractivity contribution in [1.82, 2.24) is 5.32 Å². The Bertz CT molecular complexity index is 915. The van der Waals surface area contributed by atoms with E-state index in [4.69, 9.17) is 4.74 Å². The maximum atomic E-state index is 13.6. The van der Waals surface area contributed by atoms with Crippen molar-refractivity contribution in [3.05, 3.63) is 65.5 Å². The van der Waals surface area contributed by atoms with Gasteiger partial charge >= 0.3 is 5.97 Å². The quantitative estimate of drug-likeness (QED) is 0.728. The van der Waals surface area contributed by atoms with Crippen LogP contribution < -0.4 is 10.2 Å². The molecule has 2 amide bonds. The molecule has 0 saturated carbocycles. The molecule has 1 atom stereocenters. The van der Waals surface area contributed by atoms with Gasteiger partial charge in [-0.15, -0.1) is 0 Å². The topological polar surface area (TPSA) is 75.7 Å². The Hall–Kier alpha value is -3.22. The second-order valence-electron chi connectivity index (χ2n) is 6.86. The molecule has 3 rings (SSSR count). The number of carbonyl (C=O) groups excluding carboxylic acids is 3. The maximum absolute atomic E-state index is 13.6. The lowest BCUT2D eigenvalue weighted by atomic mass is 10.1. The van der Waals surface area contributed by atoms with Gasteiger partial charge in [-0.2, -0.15) is 0 Å². The maximum Gasteiger partial charge on any atom is 0.311 e. The fraction of sp³-hybridized carbons (Fsp3) is 0.318. The molecule has 2 aromatic carbocycles. The molecule has 2 aromatic rings. The fourth-order valence-electron chi connectivity index (χ4n) is 3.31. The summed E-state index contributed by atoms with van der Waals surface area (Å²) in [5, 5.41) is 2.51. The molecule has 1 saturated heterocycles. The molecular formula is C22H23FN2O4. The van der Waals surface area contributed by atoms with Gasteiger partial charge < -0.3 is 15.0 Å². The Morgan fingerprint density at radius 1 is 1.14 bits per heavy atom. The van der Waals surface area contributed by atoms with E-state index in [1.54, 1.807) is 23.1 Å². The summed E-state index contributed by atoms with van der Waals surface area (Å²) in [5.41, 5.74) is 2.18. The van der Waals surface area contributed by atoms with Gasteiger partial charge in [0, 0.05) is 30.8 Å². The molecule has 0 radical (unpaired) electrons. The Morgan fingerprint density at radius 2 is 1.83 bits per heavy atom. The van der Waals surface area contributed by atoms with Gasteiger partial charge in [0.1, 0.15) is 5.82 Å². The number of nitrogens with one attached hydrogen (secondary N) is 1. The van der Waals surface area contributed by atoms with Crippen LogP contribution in [0, 0.1) is 11.7 Å². The zero-order valence-electron chi connectivity index (χ0n) is 16.2. The second-order valence-corrected chi connectivity index (χ2v) is 6.86. The summed E-state index contributed by atoms with van der Waals surface area (Å²) in [4.78, 5) is 38.2. The Labute approximate surface area is 168 Å². The number of esters is 1. The van der Waals surface area contributed by atoms with E-state index in [-0.39, 0.29) is 25.4 Å². The van der Waals surface area contributed by atoms with E-state index in [0.29, 0.717) is 5.56 Å². The minimum atomic E-state index is -0.619. The zero-order chi connectivity index (χ0) is 20.8. The van der Waals surface area contributed by atoms with E-state index >= 15 is 0 Å². The number of benzene rings is 2. The number of hydrogen-bond acceptors (Lipinski definition) is 4. The molecule has 6 nitrogen and oxygen atoms in total. The van der Waals surface area contributed by atoms with E-state index in [0.717, 1.165) is 17.7 Å². The normalized spacial score (nSPS) is 16.0. The van der Waals surface area contributed by atoms with Crippen LogP contribution in [0.25, 0.3) is 0 Å². The van der Waals surface area contributed by atoms with Crippen LogP contribution in [0.5, 0.6) is 0 Å². The smallest absolute Gasteiger partial charge is 0.311 e. The first-order valence-corrected chi connectivity index (χ1v) is 9.54. The highest BCUT2D eigenvalue weighted by molar-refractivity contribution is 6.00. The number of hydrogen-bond donors (Lipinski definition) is 1. The lowest BCUT2D eigenvalue weighted by Gasteiger charge is -2.19. The lowest BCUT2D eigenvalue weighted by molar-refractivity contribution is -0.152. The van der Waals surface area contributed by atoms with E-state index < -0.39 is 30.2 Å². The average molecular weight is 398 g/mol. The zero-order valence-corrected chi connectivity index (χ0v) is 16.2. The molecule has 29 heavy (non-hydrogen) atoms. The van der Waals surface area contributed by atoms with Crippen LogP contribution in [0.15, 0.2) is 48.5 Å². The number of rotatable bonds is 7. The van der Waals surface area contributed by atoms with E-state index in [2.05, 4.69) is 5.32 Å². The van der Waals surface area contributed by atoms with Gasteiger partial charge in [0.15, 0.2) is 6.61 Å². The van der Waals surface area contributed by atoms with Gasteiger partial charge in [0.2, 0.25) is 5.91 Å². The number of anilines is 1. The first kappa shape index (κ1) is 20.5. The molecule has 1 aliphatic rings. The summed E-state index contributed by atoms with van der Waals surface area (Å²) in [7, 11) is 0. The summed E-state index contributed by atoms with van der Waals surface area (Å²) in [6, 6.07) is 13.7. The van der Waals surface area contributed by atoms with Crippen molar-refractivity contribution in [1.29, 1.82) is 0 Å². The highest BCUT2D eigenvalue weighted by atomic mass is 19.1. The Morgan fingerprint density at radius 3 is 2.55 bits per heavy atom. The number of ether oxygens (including phenoxy) is 1. The van der Waals surface area contributed by atoms with Gasteiger partial charge in [-0.05, 0) is 24.1 Å². The van der Waals surface area contributed by atoms with Crippen molar-refractivity contribution >= 4 is 23.5 Å². The molecular weight excluding hydrogens is 375 g/mol. The van der Waals surface area contributed by atoms with Crippen molar-refractivity contribution < 1.29 is 23.5 Å². The summed E-state index contributed by atoms with van der Waals surface area (Å²) in [6.07, 6.45) is 0.824. The monoisotopic (exact) mass is 398 g/mol. The highest BCUT2D eigenvalue weighted by Crippen LogP contribution is 2.29. The predicted octanol–water partition coefficient (Wildman–Crippen LogP) is 2.60. The molecule has 7 heteroatoms. The number of aryl methyl sites for hydroxylation is 1. The molecule has 0 aromatic heterocycles. The molecule has 1 N–H and O–H groups in total. The van der Waals surface area contributed by atoms with Crippen molar-refractivity contribution in [3.8, 4) is 0 Å². The van der Waals surface area contributed by atoms with Gasteiger partial charge in [0.25, 0.3) is 5.91 Å². The minimum absolute atomic E-state index is 0.00650. The van der Waals surface area contributed by atoms with Crippen LogP contribution in [-0.4, -0.2) is 30.9 Å². The summed E-state index contributed by atoms with van der Waals surface area (Å²) >= 11 is 0. The summed E-state index contributed by atoms with van der Waals surface area (Å²) < 4.78 is 18.6. The molecule has 0 unspecified atom stereocenters. The number of halogens is 1.